The minimum Gasteiger partial charge on any atom is -0.469 e. The van der Waals surface area contributed by atoms with Crippen LogP contribution < -0.4 is 0 Å². The molecule has 0 N–H and O–H groups in total. The molecule has 2 rings (SSSR count). The topological polar surface area (TPSA) is 79.5 Å². The van der Waals surface area contributed by atoms with E-state index in [1.165, 1.54) is 29.6 Å². The fourth-order valence-electron chi connectivity index (χ4n) is 2.09. The summed E-state index contributed by atoms with van der Waals surface area (Å²) in [5.74, 6) is -1.02. The lowest BCUT2D eigenvalue weighted by Gasteiger charge is -2.09. The fraction of sp³-hybridized carbons (Fsp3) is 0.267. The second kappa shape index (κ2) is 6.75. The first-order valence-electron chi connectivity index (χ1n) is 6.61. The summed E-state index contributed by atoms with van der Waals surface area (Å²) in [6, 6.07) is 4.63. The standard InChI is InChI=1S/C15H16N2O5/c1-21-12(18)6-5-11-7-10-17(13(11)14(19)22-2)15(20)16-8-3-4-9-16/h3-4,7-10H,5-6H2,1-2H3. The van der Waals surface area contributed by atoms with Crippen LogP contribution in [0.4, 0.5) is 4.79 Å². The molecule has 116 valence electrons. The summed E-state index contributed by atoms with van der Waals surface area (Å²) >= 11 is 0. The van der Waals surface area contributed by atoms with Crippen LogP contribution in [0.25, 0.3) is 0 Å². The molecule has 2 aromatic rings. The summed E-state index contributed by atoms with van der Waals surface area (Å²) in [5.41, 5.74) is 0.669. The Kier molecular flexibility index (Phi) is 4.77. The van der Waals surface area contributed by atoms with E-state index in [1.807, 2.05) is 0 Å². The first kappa shape index (κ1) is 15.6. The van der Waals surface area contributed by atoms with Crippen LogP contribution in [-0.4, -0.2) is 41.3 Å². The van der Waals surface area contributed by atoms with E-state index in [0.717, 1.165) is 0 Å². The maximum absolute atomic E-state index is 12.4. The second-order valence-electron chi connectivity index (χ2n) is 4.50. The van der Waals surface area contributed by atoms with Crippen LogP contribution in [-0.2, 0) is 20.7 Å². The first-order valence-corrected chi connectivity index (χ1v) is 6.61. The van der Waals surface area contributed by atoms with Crippen molar-refractivity contribution in [2.75, 3.05) is 14.2 Å². The number of esters is 2. The zero-order valence-corrected chi connectivity index (χ0v) is 12.3. The monoisotopic (exact) mass is 304 g/mol. The normalized spacial score (nSPS) is 10.3. The average Bonchev–Trinajstić information content (AvgIpc) is 3.20. The summed E-state index contributed by atoms with van der Waals surface area (Å²) in [5, 5.41) is 0. The highest BCUT2D eigenvalue weighted by Gasteiger charge is 2.22. The molecule has 0 aliphatic rings. The fourth-order valence-corrected chi connectivity index (χ4v) is 2.09. The van der Waals surface area contributed by atoms with E-state index in [2.05, 4.69) is 4.74 Å². The van der Waals surface area contributed by atoms with Gasteiger partial charge in [-0.2, -0.15) is 0 Å². The molecule has 0 unspecified atom stereocenters. The molecule has 0 bridgehead atoms. The quantitative estimate of drug-likeness (QED) is 0.803. The Morgan fingerprint density at radius 2 is 1.73 bits per heavy atom. The summed E-state index contributed by atoms with van der Waals surface area (Å²) in [4.78, 5) is 35.6. The lowest BCUT2D eigenvalue weighted by atomic mass is 10.1. The van der Waals surface area contributed by atoms with Gasteiger partial charge in [0.25, 0.3) is 0 Å². The molecule has 0 radical (unpaired) electrons. The number of carbonyl (C=O) groups excluding carboxylic acids is 3. The van der Waals surface area contributed by atoms with E-state index in [1.54, 1.807) is 30.6 Å². The molecule has 0 aromatic carbocycles. The van der Waals surface area contributed by atoms with Crippen molar-refractivity contribution in [3.05, 3.63) is 48.0 Å². The zero-order chi connectivity index (χ0) is 16.1. The Morgan fingerprint density at radius 1 is 1.05 bits per heavy atom. The smallest absolute Gasteiger partial charge is 0.355 e. The van der Waals surface area contributed by atoms with Crippen LogP contribution in [0.2, 0.25) is 0 Å². The van der Waals surface area contributed by atoms with Crippen molar-refractivity contribution < 1.29 is 23.9 Å². The van der Waals surface area contributed by atoms with Gasteiger partial charge in [-0.1, -0.05) is 0 Å². The van der Waals surface area contributed by atoms with Gasteiger partial charge < -0.3 is 9.47 Å². The molecule has 2 heterocycles. The number of aromatic nitrogens is 2. The maximum atomic E-state index is 12.4. The van der Waals surface area contributed by atoms with E-state index < -0.39 is 12.0 Å². The van der Waals surface area contributed by atoms with E-state index in [4.69, 9.17) is 4.74 Å². The third-order valence-corrected chi connectivity index (χ3v) is 3.21. The number of aryl methyl sites for hydroxylation is 1. The molecule has 2 aromatic heterocycles. The highest BCUT2D eigenvalue weighted by molar-refractivity contribution is 5.95. The molecular weight excluding hydrogens is 288 g/mol. The molecule has 0 amide bonds. The van der Waals surface area contributed by atoms with Crippen LogP contribution in [0.5, 0.6) is 0 Å². The summed E-state index contributed by atoms with van der Waals surface area (Å²) in [7, 11) is 2.54. The van der Waals surface area contributed by atoms with Crippen molar-refractivity contribution in [1.29, 1.82) is 0 Å². The van der Waals surface area contributed by atoms with Gasteiger partial charge in [0.2, 0.25) is 0 Å². The Bertz CT molecular complexity index is 685. The Labute approximate surface area is 127 Å². The first-order chi connectivity index (χ1) is 10.6. The third-order valence-electron chi connectivity index (χ3n) is 3.21. The third kappa shape index (κ3) is 3.08. The number of ether oxygens (including phenoxy) is 2. The van der Waals surface area contributed by atoms with Crippen molar-refractivity contribution in [2.24, 2.45) is 0 Å². The van der Waals surface area contributed by atoms with Crippen molar-refractivity contribution in [1.82, 2.24) is 9.13 Å². The van der Waals surface area contributed by atoms with Crippen molar-refractivity contribution >= 4 is 18.0 Å². The Balaban J connectivity index is 2.34. The molecule has 7 heteroatoms. The van der Waals surface area contributed by atoms with Gasteiger partial charge in [0.05, 0.1) is 14.2 Å². The van der Waals surface area contributed by atoms with Crippen LogP contribution in [0.3, 0.4) is 0 Å². The number of hydrogen-bond acceptors (Lipinski definition) is 5. The number of methoxy groups -OCH3 is 2. The molecule has 0 aliphatic carbocycles. The van der Waals surface area contributed by atoms with Gasteiger partial charge in [0.1, 0.15) is 5.69 Å². The van der Waals surface area contributed by atoms with Gasteiger partial charge in [-0.3, -0.25) is 13.9 Å². The van der Waals surface area contributed by atoms with E-state index in [-0.39, 0.29) is 24.5 Å². The van der Waals surface area contributed by atoms with Crippen LogP contribution in [0.15, 0.2) is 36.8 Å². The maximum Gasteiger partial charge on any atom is 0.355 e. The molecule has 0 fully saturated rings. The average molecular weight is 304 g/mol. The SMILES string of the molecule is COC(=O)CCc1ccn(C(=O)n2cccc2)c1C(=O)OC. The number of nitrogens with zero attached hydrogens (tertiary/aromatic N) is 2. The molecule has 22 heavy (non-hydrogen) atoms. The molecule has 0 spiro atoms. The van der Waals surface area contributed by atoms with Gasteiger partial charge in [-0.15, -0.1) is 0 Å². The van der Waals surface area contributed by atoms with Gasteiger partial charge in [-0.05, 0) is 30.2 Å². The highest BCUT2D eigenvalue weighted by Crippen LogP contribution is 2.16. The van der Waals surface area contributed by atoms with Crippen molar-refractivity contribution in [3.8, 4) is 0 Å². The highest BCUT2D eigenvalue weighted by atomic mass is 16.5. The Hall–Kier alpha value is -2.83. The van der Waals surface area contributed by atoms with Crippen LogP contribution in [0.1, 0.15) is 22.5 Å². The molecule has 0 saturated heterocycles. The largest absolute Gasteiger partial charge is 0.469 e. The predicted molar refractivity (Wildman–Crippen MR) is 76.7 cm³/mol. The van der Waals surface area contributed by atoms with Gasteiger partial charge in [-0.25, -0.2) is 9.59 Å². The van der Waals surface area contributed by atoms with Crippen LogP contribution in [0, 0.1) is 0 Å². The molecule has 0 atom stereocenters. The van der Waals surface area contributed by atoms with Crippen molar-refractivity contribution in [3.63, 3.8) is 0 Å². The molecular formula is C15H16N2O5. The van der Waals surface area contributed by atoms with E-state index in [0.29, 0.717) is 5.56 Å². The predicted octanol–water partition coefficient (Wildman–Crippen LogP) is 1.70. The summed E-state index contributed by atoms with van der Waals surface area (Å²) < 4.78 is 11.9. The second-order valence-corrected chi connectivity index (χ2v) is 4.50. The van der Waals surface area contributed by atoms with Gasteiger partial charge in [0.15, 0.2) is 0 Å². The lowest BCUT2D eigenvalue weighted by Crippen LogP contribution is -2.23. The van der Waals surface area contributed by atoms with Gasteiger partial charge in [0, 0.05) is 25.0 Å². The van der Waals surface area contributed by atoms with Crippen molar-refractivity contribution in [2.45, 2.75) is 12.8 Å². The minimum atomic E-state index is -0.634. The summed E-state index contributed by atoms with van der Waals surface area (Å²) in [6.45, 7) is 0. The summed E-state index contributed by atoms with van der Waals surface area (Å²) in [6.07, 6.45) is 5.04. The zero-order valence-electron chi connectivity index (χ0n) is 12.3. The van der Waals surface area contributed by atoms with E-state index in [9.17, 15) is 14.4 Å². The number of rotatable bonds is 4. The molecule has 0 aliphatic heterocycles. The minimum absolute atomic E-state index is 0.113. The lowest BCUT2D eigenvalue weighted by molar-refractivity contribution is -0.140. The van der Waals surface area contributed by atoms with Crippen LogP contribution >= 0.6 is 0 Å². The number of carbonyl (C=O) groups is 3. The van der Waals surface area contributed by atoms with E-state index >= 15 is 0 Å². The number of hydrogen-bond donors (Lipinski definition) is 0. The van der Waals surface area contributed by atoms with Gasteiger partial charge >= 0.3 is 18.0 Å². The molecule has 7 nitrogen and oxygen atoms in total. The Morgan fingerprint density at radius 3 is 2.32 bits per heavy atom. The molecule has 0 saturated carbocycles.